The van der Waals surface area contributed by atoms with E-state index in [1.807, 2.05) is 0 Å². The smallest absolute Gasteiger partial charge is 0.138 e. The Morgan fingerprint density at radius 1 is 1.54 bits per heavy atom. The second kappa shape index (κ2) is 4.78. The Kier molecular flexibility index (Phi) is 3.66. The number of nitrogen functional groups attached to an aromatic ring is 1. The van der Waals surface area contributed by atoms with Gasteiger partial charge in [-0.15, -0.1) is 24.1 Å². The summed E-state index contributed by atoms with van der Waals surface area (Å²) < 4.78 is 13.1. The lowest BCUT2D eigenvalue weighted by atomic mass is 10.3. The first-order valence-corrected chi connectivity index (χ1v) is 4.84. The van der Waals surface area contributed by atoms with Crippen molar-refractivity contribution in [3.8, 4) is 12.3 Å². The van der Waals surface area contributed by atoms with Gasteiger partial charge in [0.05, 0.1) is 0 Å². The minimum Gasteiger partial charge on any atom is -0.399 e. The van der Waals surface area contributed by atoms with Crippen molar-refractivity contribution >= 4 is 17.4 Å². The highest BCUT2D eigenvalue weighted by atomic mass is 32.2. The summed E-state index contributed by atoms with van der Waals surface area (Å²) in [5, 5.41) is 0. The summed E-state index contributed by atoms with van der Waals surface area (Å²) in [6.07, 6.45) is 5.73. The van der Waals surface area contributed by atoms with Gasteiger partial charge in [0.1, 0.15) is 5.82 Å². The lowest BCUT2D eigenvalue weighted by molar-refractivity contribution is 0.603. The van der Waals surface area contributed by atoms with Crippen LogP contribution in [0.15, 0.2) is 23.1 Å². The molecule has 0 unspecified atom stereocenters. The zero-order valence-electron chi connectivity index (χ0n) is 7.09. The molecule has 0 bridgehead atoms. The molecule has 0 aliphatic carbocycles. The van der Waals surface area contributed by atoms with E-state index < -0.39 is 0 Å². The van der Waals surface area contributed by atoms with Gasteiger partial charge in [-0.2, -0.15) is 0 Å². The van der Waals surface area contributed by atoms with Crippen LogP contribution in [0.4, 0.5) is 10.1 Å². The lowest BCUT2D eigenvalue weighted by Crippen LogP contribution is -1.88. The zero-order valence-corrected chi connectivity index (χ0v) is 7.90. The highest BCUT2D eigenvalue weighted by Gasteiger charge is 2.01. The van der Waals surface area contributed by atoms with Crippen molar-refractivity contribution in [3.63, 3.8) is 0 Å². The molecule has 0 saturated carbocycles. The Morgan fingerprint density at radius 3 is 2.92 bits per heavy atom. The number of benzene rings is 1. The van der Waals surface area contributed by atoms with Crippen LogP contribution in [0, 0.1) is 18.2 Å². The molecule has 0 heterocycles. The van der Waals surface area contributed by atoms with Crippen molar-refractivity contribution in [2.24, 2.45) is 0 Å². The summed E-state index contributed by atoms with van der Waals surface area (Å²) in [5.74, 6) is 2.96. The summed E-state index contributed by atoms with van der Waals surface area (Å²) in [4.78, 5) is 0.601. The molecule has 0 radical (unpaired) electrons. The molecular weight excluding hydrogens is 185 g/mol. The van der Waals surface area contributed by atoms with Gasteiger partial charge < -0.3 is 5.73 Å². The van der Waals surface area contributed by atoms with Crippen LogP contribution in [-0.4, -0.2) is 5.75 Å². The Bertz CT molecular complexity index is 330. The van der Waals surface area contributed by atoms with Crippen LogP contribution in [0.5, 0.6) is 0 Å². The van der Waals surface area contributed by atoms with Gasteiger partial charge in [0.2, 0.25) is 0 Å². The van der Waals surface area contributed by atoms with E-state index >= 15 is 0 Å². The van der Waals surface area contributed by atoms with Gasteiger partial charge in [-0.3, -0.25) is 0 Å². The molecule has 68 valence electrons. The fourth-order valence-electron chi connectivity index (χ4n) is 0.854. The Labute approximate surface area is 81.5 Å². The molecule has 0 saturated heterocycles. The average molecular weight is 195 g/mol. The second-order valence-corrected chi connectivity index (χ2v) is 3.63. The maximum absolute atomic E-state index is 13.1. The molecule has 3 heteroatoms. The Hall–Kier alpha value is -1.14. The van der Waals surface area contributed by atoms with Crippen LogP contribution in [0.2, 0.25) is 0 Å². The van der Waals surface area contributed by atoms with Gasteiger partial charge in [0, 0.05) is 22.8 Å². The molecular formula is C10H10FNS. The molecule has 1 aromatic rings. The van der Waals surface area contributed by atoms with E-state index in [0.29, 0.717) is 17.0 Å². The van der Waals surface area contributed by atoms with Gasteiger partial charge in [-0.25, -0.2) is 4.39 Å². The average Bonchev–Trinajstić information content (AvgIpc) is 2.09. The lowest BCUT2D eigenvalue weighted by Gasteiger charge is -2.01. The predicted octanol–water partition coefficient (Wildman–Crippen LogP) is 2.52. The third kappa shape index (κ3) is 3.00. The fourth-order valence-corrected chi connectivity index (χ4v) is 1.65. The molecule has 1 aromatic carbocycles. The van der Waals surface area contributed by atoms with Crippen molar-refractivity contribution in [2.45, 2.75) is 11.3 Å². The summed E-state index contributed by atoms with van der Waals surface area (Å²) >= 11 is 1.41. The van der Waals surface area contributed by atoms with E-state index in [4.69, 9.17) is 12.2 Å². The highest BCUT2D eigenvalue weighted by molar-refractivity contribution is 7.99. The summed E-state index contributed by atoms with van der Waals surface area (Å²) in [7, 11) is 0. The number of anilines is 1. The third-order valence-corrected chi connectivity index (χ3v) is 2.51. The molecule has 0 atom stereocenters. The first-order chi connectivity index (χ1) is 6.24. The van der Waals surface area contributed by atoms with Crippen molar-refractivity contribution in [2.75, 3.05) is 11.5 Å². The van der Waals surface area contributed by atoms with Crippen LogP contribution in [-0.2, 0) is 0 Å². The van der Waals surface area contributed by atoms with E-state index in [2.05, 4.69) is 5.92 Å². The van der Waals surface area contributed by atoms with Gasteiger partial charge in [0.15, 0.2) is 0 Å². The Morgan fingerprint density at radius 2 is 2.31 bits per heavy atom. The number of thioether (sulfide) groups is 1. The molecule has 0 aliphatic rings. The normalized spacial score (nSPS) is 9.54. The van der Waals surface area contributed by atoms with Gasteiger partial charge >= 0.3 is 0 Å². The quantitative estimate of drug-likeness (QED) is 0.347. The molecule has 0 amide bonds. The second-order valence-electron chi connectivity index (χ2n) is 2.49. The third-order valence-electron chi connectivity index (χ3n) is 1.46. The van der Waals surface area contributed by atoms with Crippen molar-refractivity contribution in [1.29, 1.82) is 0 Å². The van der Waals surface area contributed by atoms with E-state index in [9.17, 15) is 4.39 Å². The number of rotatable bonds is 3. The number of hydrogen-bond acceptors (Lipinski definition) is 2. The van der Waals surface area contributed by atoms with Crippen molar-refractivity contribution < 1.29 is 4.39 Å². The summed E-state index contributed by atoms with van der Waals surface area (Å²) in [6.45, 7) is 0. The van der Waals surface area contributed by atoms with Crippen LogP contribution < -0.4 is 5.73 Å². The molecule has 13 heavy (non-hydrogen) atoms. The maximum Gasteiger partial charge on any atom is 0.138 e. The number of terminal acetylenes is 1. The van der Waals surface area contributed by atoms with E-state index in [-0.39, 0.29) is 5.82 Å². The maximum atomic E-state index is 13.1. The predicted molar refractivity (Wildman–Crippen MR) is 55.0 cm³/mol. The number of nitrogens with two attached hydrogens (primary N) is 1. The van der Waals surface area contributed by atoms with Crippen LogP contribution in [0.3, 0.4) is 0 Å². The molecule has 2 N–H and O–H groups in total. The van der Waals surface area contributed by atoms with Crippen LogP contribution in [0.1, 0.15) is 6.42 Å². The molecule has 0 aromatic heterocycles. The zero-order chi connectivity index (χ0) is 9.68. The molecule has 0 spiro atoms. The first-order valence-electron chi connectivity index (χ1n) is 3.85. The highest BCUT2D eigenvalue weighted by Crippen LogP contribution is 2.23. The summed E-state index contributed by atoms with van der Waals surface area (Å²) in [5.41, 5.74) is 5.84. The molecule has 1 nitrogen and oxygen atoms in total. The van der Waals surface area contributed by atoms with Gasteiger partial charge in [0.25, 0.3) is 0 Å². The molecule has 0 fully saturated rings. The Balaban J connectivity index is 2.62. The monoisotopic (exact) mass is 195 g/mol. The molecule has 0 aliphatic heterocycles. The van der Waals surface area contributed by atoms with Crippen LogP contribution >= 0.6 is 11.8 Å². The van der Waals surface area contributed by atoms with Crippen molar-refractivity contribution in [1.82, 2.24) is 0 Å². The standard InChI is InChI=1S/C10H10FNS/c1-2-3-6-13-10-5-4-8(12)7-9(10)11/h1,4-5,7H,3,6,12H2. The van der Waals surface area contributed by atoms with Crippen molar-refractivity contribution in [3.05, 3.63) is 24.0 Å². The molecule has 1 rings (SSSR count). The van der Waals surface area contributed by atoms with Gasteiger partial charge in [-0.05, 0) is 18.2 Å². The fraction of sp³-hybridized carbons (Fsp3) is 0.200. The van der Waals surface area contributed by atoms with E-state index in [0.717, 1.165) is 5.75 Å². The first kappa shape index (κ1) is 9.94. The SMILES string of the molecule is C#CCCSc1ccc(N)cc1F. The van der Waals surface area contributed by atoms with E-state index in [1.165, 1.54) is 17.8 Å². The van der Waals surface area contributed by atoms with Crippen LogP contribution in [0.25, 0.3) is 0 Å². The van der Waals surface area contributed by atoms with E-state index in [1.54, 1.807) is 12.1 Å². The minimum absolute atomic E-state index is 0.276. The largest absolute Gasteiger partial charge is 0.399 e. The minimum atomic E-state index is -0.276. The summed E-state index contributed by atoms with van der Waals surface area (Å²) in [6, 6.07) is 4.67. The topological polar surface area (TPSA) is 26.0 Å². The van der Waals surface area contributed by atoms with Gasteiger partial charge in [-0.1, -0.05) is 0 Å². The number of halogens is 1. The number of hydrogen-bond donors (Lipinski definition) is 1.